The average Bonchev–Trinajstić information content (AvgIpc) is 3.27. The molecular formula is C26H22N6O. The molecule has 0 aliphatic heterocycles. The Hall–Kier alpha value is -4.52. The maximum Gasteiger partial charge on any atom is 0.228 e. The first-order valence-corrected chi connectivity index (χ1v) is 10.6. The lowest BCUT2D eigenvalue weighted by molar-refractivity contribution is -0.115. The molecule has 7 heteroatoms. The third-order valence-corrected chi connectivity index (χ3v) is 5.40. The number of benzene rings is 3. The first-order valence-electron chi connectivity index (χ1n) is 10.6. The average molecular weight is 435 g/mol. The normalized spacial score (nSPS) is 10.8. The summed E-state index contributed by atoms with van der Waals surface area (Å²) in [7, 11) is 0. The van der Waals surface area contributed by atoms with Crippen molar-refractivity contribution in [3.05, 3.63) is 103 Å². The lowest BCUT2D eigenvalue weighted by atomic mass is 10.0. The summed E-state index contributed by atoms with van der Waals surface area (Å²) in [6, 6.07) is 23.5. The van der Waals surface area contributed by atoms with Gasteiger partial charge >= 0.3 is 0 Å². The number of aryl methyl sites for hydroxylation is 1. The van der Waals surface area contributed by atoms with Gasteiger partial charge in [0.25, 0.3) is 0 Å². The quantitative estimate of drug-likeness (QED) is 0.391. The van der Waals surface area contributed by atoms with Crippen molar-refractivity contribution in [3.8, 4) is 5.82 Å². The van der Waals surface area contributed by atoms with Gasteiger partial charge in [-0.3, -0.25) is 9.36 Å². The van der Waals surface area contributed by atoms with Crippen molar-refractivity contribution in [3.63, 3.8) is 0 Å². The number of imidazole rings is 1. The van der Waals surface area contributed by atoms with Crippen molar-refractivity contribution in [2.75, 3.05) is 10.6 Å². The number of hydrogen-bond donors (Lipinski definition) is 2. The van der Waals surface area contributed by atoms with Crippen molar-refractivity contribution in [2.24, 2.45) is 0 Å². The van der Waals surface area contributed by atoms with Crippen LogP contribution in [0, 0.1) is 6.92 Å². The second-order valence-electron chi connectivity index (χ2n) is 7.67. The summed E-state index contributed by atoms with van der Waals surface area (Å²) in [6.45, 7) is 1.92. The first kappa shape index (κ1) is 20.4. The molecule has 33 heavy (non-hydrogen) atoms. The third kappa shape index (κ3) is 4.57. The van der Waals surface area contributed by atoms with Crippen LogP contribution in [0.1, 0.15) is 11.4 Å². The van der Waals surface area contributed by atoms with Crippen molar-refractivity contribution in [2.45, 2.75) is 13.3 Å². The largest absolute Gasteiger partial charge is 0.340 e. The zero-order valence-corrected chi connectivity index (χ0v) is 18.1. The minimum absolute atomic E-state index is 0.0526. The number of amides is 1. The van der Waals surface area contributed by atoms with Crippen LogP contribution in [0.4, 0.5) is 17.2 Å². The molecule has 2 aromatic heterocycles. The number of nitrogens with zero attached hydrogens (tertiary/aromatic N) is 4. The van der Waals surface area contributed by atoms with E-state index < -0.39 is 0 Å². The van der Waals surface area contributed by atoms with E-state index in [0.29, 0.717) is 12.2 Å². The Kier molecular flexibility index (Phi) is 5.51. The van der Waals surface area contributed by atoms with E-state index in [1.165, 1.54) is 6.33 Å². The molecule has 0 spiro atoms. The molecule has 2 heterocycles. The lowest BCUT2D eigenvalue weighted by Gasteiger charge is -2.10. The smallest absolute Gasteiger partial charge is 0.228 e. The highest BCUT2D eigenvalue weighted by Gasteiger charge is 2.08. The number of nitrogens with one attached hydrogen (secondary N) is 2. The second kappa shape index (κ2) is 8.92. The summed E-state index contributed by atoms with van der Waals surface area (Å²) in [5, 5.41) is 8.48. The molecule has 1 amide bonds. The topological polar surface area (TPSA) is 84.7 Å². The minimum atomic E-state index is -0.0526. The fourth-order valence-electron chi connectivity index (χ4n) is 3.78. The lowest BCUT2D eigenvalue weighted by Crippen LogP contribution is -2.14. The predicted molar refractivity (Wildman–Crippen MR) is 130 cm³/mol. The van der Waals surface area contributed by atoms with Gasteiger partial charge < -0.3 is 10.6 Å². The molecule has 0 fully saturated rings. The Morgan fingerprint density at radius 1 is 0.909 bits per heavy atom. The molecule has 5 rings (SSSR count). The maximum atomic E-state index is 12.6. The molecule has 0 bridgehead atoms. The van der Waals surface area contributed by atoms with Crippen LogP contribution in [0.2, 0.25) is 0 Å². The van der Waals surface area contributed by atoms with E-state index in [2.05, 4.69) is 37.7 Å². The fourth-order valence-corrected chi connectivity index (χ4v) is 3.78. The van der Waals surface area contributed by atoms with Crippen LogP contribution in [-0.4, -0.2) is 25.4 Å². The number of rotatable bonds is 6. The number of carbonyl (C=O) groups is 1. The molecule has 0 saturated carbocycles. The number of hydrogen-bond acceptors (Lipinski definition) is 5. The Labute approximate surface area is 191 Å². The summed E-state index contributed by atoms with van der Waals surface area (Å²) >= 11 is 0. The van der Waals surface area contributed by atoms with Gasteiger partial charge in [-0.2, -0.15) is 0 Å². The van der Waals surface area contributed by atoms with Gasteiger partial charge in [-0.15, -0.1) is 0 Å². The third-order valence-electron chi connectivity index (χ3n) is 5.40. The standard InChI is InChI=1S/C26H22N6O/c1-18-27-13-14-32(18)25-16-24(28-17-29-25)30-21-9-11-22(12-10-21)31-26(33)15-20-7-4-6-19-5-2-3-8-23(19)20/h2-14,16-17H,15H2,1H3,(H,31,33)(H,28,29,30). The maximum absolute atomic E-state index is 12.6. The van der Waals surface area contributed by atoms with Crippen LogP contribution in [0.3, 0.4) is 0 Å². The Bertz CT molecular complexity index is 1420. The fraction of sp³-hybridized carbons (Fsp3) is 0.0769. The van der Waals surface area contributed by atoms with Crippen LogP contribution in [0.5, 0.6) is 0 Å². The number of aromatic nitrogens is 4. The van der Waals surface area contributed by atoms with Gasteiger partial charge in [-0.25, -0.2) is 15.0 Å². The van der Waals surface area contributed by atoms with Crippen LogP contribution in [0.15, 0.2) is 91.5 Å². The molecule has 2 N–H and O–H groups in total. The summed E-state index contributed by atoms with van der Waals surface area (Å²) in [4.78, 5) is 25.5. The molecule has 3 aromatic carbocycles. The first-order chi connectivity index (χ1) is 16.2. The van der Waals surface area contributed by atoms with Crippen molar-refractivity contribution in [1.29, 1.82) is 0 Å². The molecule has 0 saturated heterocycles. The Balaban J connectivity index is 1.25. The molecule has 5 aromatic rings. The summed E-state index contributed by atoms with van der Waals surface area (Å²) in [6.07, 6.45) is 5.42. The summed E-state index contributed by atoms with van der Waals surface area (Å²) < 4.78 is 1.89. The van der Waals surface area contributed by atoms with E-state index >= 15 is 0 Å². The SMILES string of the molecule is Cc1nccn1-c1cc(Nc2ccc(NC(=O)Cc3cccc4ccccc34)cc2)ncn1. The molecule has 162 valence electrons. The van der Waals surface area contributed by atoms with Gasteiger partial charge in [0.1, 0.15) is 23.8 Å². The predicted octanol–water partition coefficient (Wildman–Crippen LogP) is 5.05. The molecule has 0 atom stereocenters. The van der Waals surface area contributed by atoms with Crippen LogP contribution < -0.4 is 10.6 Å². The van der Waals surface area contributed by atoms with Gasteiger partial charge in [0.15, 0.2) is 0 Å². The van der Waals surface area contributed by atoms with Crippen molar-refractivity contribution >= 4 is 33.9 Å². The van der Waals surface area contributed by atoms with Crippen LogP contribution in [0.25, 0.3) is 16.6 Å². The van der Waals surface area contributed by atoms with Gasteiger partial charge in [0.05, 0.1) is 6.42 Å². The monoisotopic (exact) mass is 434 g/mol. The van der Waals surface area contributed by atoms with Crippen LogP contribution in [-0.2, 0) is 11.2 Å². The van der Waals surface area contributed by atoms with Crippen molar-refractivity contribution < 1.29 is 4.79 Å². The van der Waals surface area contributed by atoms with Crippen molar-refractivity contribution in [1.82, 2.24) is 19.5 Å². The number of anilines is 3. The number of fused-ring (bicyclic) bond motifs is 1. The van der Waals surface area contributed by atoms with Crippen LogP contribution >= 0.6 is 0 Å². The van der Waals surface area contributed by atoms with E-state index in [4.69, 9.17) is 0 Å². The van der Waals surface area contributed by atoms with E-state index in [9.17, 15) is 4.79 Å². The number of carbonyl (C=O) groups excluding carboxylic acids is 1. The molecule has 7 nitrogen and oxygen atoms in total. The van der Waals surface area contributed by atoms with E-state index in [-0.39, 0.29) is 5.91 Å². The molecular weight excluding hydrogens is 412 g/mol. The summed E-state index contributed by atoms with van der Waals surface area (Å²) in [5.74, 6) is 2.20. The molecule has 0 aliphatic rings. The second-order valence-corrected chi connectivity index (χ2v) is 7.67. The zero-order valence-electron chi connectivity index (χ0n) is 18.1. The van der Waals surface area contributed by atoms with E-state index in [1.807, 2.05) is 78.4 Å². The van der Waals surface area contributed by atoms with Gasteiger partial charge in [-0.05, 0) is 47.5 Å². The molecule has 0 radical (unpaired) electrons. The van der Waals surface area contributed by atoms with Gasteiger partial charge in [0, 0.05) is 29.8 Å². The Morgan fingerprint density at radius 3 is 2.52 bits per heavy atom. The zero-order chi connectivity index (χ0) is 22.6. The summed E-state index contributed by atoms with van der Waals surface area (Å²) in [5.41, 5.74) is 2.61. The Morgan fingerprint density at radius 2 is 1.70 bits per heavy atom. The minimum Gasteiger partial charge on any atom is -0.340 e. The molecule has 0 aliphatic carbocycles. The molecule has 0 unspecified atom stereocenters. The highest BCUT2D eigenvalue weighted by atomic mass is 16.1. The van der Waals surface area contributed by atoms with E-state index in [0.717, 1.165) is 39.4 Å². The highest BCUT2D eigenvalue weighted by Crippen LogP contribution is 2.21. The van der Waals surface area contributed by atoms with E-state index in [1.54, 1.807) is 6.20 Å². The highest BCUT2D eigenvalue weighted by molar-refractivity contribution is 5.96. The van der Waals surface area contributed by atoms with Gasteiger partial charge in [0.2, 0.25) is 5.91 Å². The van der Waals surface area contributed by atoms with Gasteiger partial charge in [-0.1, -0.05) is 42.5 Å².